The number of ether oxygens (including phenoxy) is 1. The van der Waals surface area contributed by atoms with Gasteiger partial charge in [0, 0.05) is 24.8 Å². The van der Waals surface area contributed by atoms with Gasteiger partial charge in [-0.2, -0.15) is 5.10 Å². The molecule has 5 nitrogen and oxygen atoms in total. The monoisotopic (exact) mass is 382 g/mol. The average molecular weight is 383 g/mol. The predicted molar refractivity (Wildman–Crippen MR) is 99.5 cm³/mol. The summed E-state index contributed by atoms with van der Waals surface area (Å²) in [5.41, 5.74) is 4.64. The molecular formula is C17H17Cl2FN4O. The Balaban J connectivity index is 1.75. The Kier molecular flexibility index (Phi) is 5.73. The normalized spacial score (nSPS) is 15.4. The molecule has 25 heavy (non-hydrogen) atoms. The fourth-order valence-corrected chi connectivity index (χ4v) is 2.91. The van der Waals surface area contributed by atoms with Crippen molar-refractivity contribution < 1.29 is 9.13 Å². The van der Waals surface area contributed by atoms with Crippen LogP contribution in [0.3, 0.4) is 0 Å². The molecule has 0 unspecified atom stereocenters. The number of nitrogens with zero attached hydrogens (tertiary/aromatic N) is 3. The number of pyridine rings is 1. The van der Waals surface area contributed by atoms with Gasteiger partial charge in [0.05, 0.1) is 34.7 Å². The SMILES string of the molecule is C/C(=N/Nc1ncc(Cl)cc1Cl)c1ccc(N2CCOCC2)c(F)c1. The molecule has 1 N–H and O–H groups in total. The first kappa shape index (κ1) is 17.9. The van der Waals surface area contributed by atoms with Gasteiger partial charge in [-0.05, 0) is 25.1 Å². The Hall–Kier alpha value is -1.89. The molecule has 0 saturated carbocycles. The molecule has 2 aromatic rings. The van der Waals surface area contributed by atoms with E-state index in [2.05, 4.69) is 15.5 Å². The summed E-state index contributed by atoms with van der Waals surface area (Å²) in [7, 11) is 0. The van der Waals surface area contributed by atoms with Crippen molar-refractivity contribution in [2.75, 3.05) is 36.6 Å². The van der Waals surface area contributed by atoms with Crippen molar-refractivity contribution in [3.63, 3.8) is 0 Å². The molecule has 0 atom stereocenters. The summed E-state index contributed by atoms with van der Waals surface area (Å²) in [5.74, 6) is 0.104. The van der Waals surface area contributed by atoms with Crippen molar-refractivity contribution in [1.29, 1.82) is 0 Å². The molecule has 1 saturated heterocycles. The summed E-state index contributed by atoms with van der Waals surface area (Å²) in [6, 6.07) is 6.65. The first-order chi connectivity index (χ1) is 12.0. The van der Waals surface area contributed by atoms with Gasteiger partial charge in [-0.15, -0.1) is 0 Å². The molecule has 132 valence electrons. The molecule has 1 aromatic carbocycles. The second kappa shape index (κ2) is 7.99. The molecule has 1 aromatic heterocycles. The maximum atomic E-state index is 14.5. The van der Waals surface area contributed by atoms with Gasteiger partial charge in [0.25, 0.3) is 0 Å². The molecule has 1 fully saturated rings. The Morgan fingerprint density at radius 1 is 1.28 bits per heavy atom. The minimum atomic E-state index is -0.281. The van der Waals surface area contributed by atoms with Crippen molar-refractivity contribution in [2.45, 2.75) is 6.92 Å². The molecule has 1 aliphatic rings. The van der Waals surface area contributed by atoms with Crippen LogP contribution in [0.2, 0.25) is 10.0 Å². The largest absolute Gasteiger partial charge is 0.378 e. The highest BCUT2D eigenvalue weighted by atomic mass is 35.5. The third kappa shape index (κ3) is 4.39. The average Bonchev–Trinajstić information content (AvgIpc) is 2.61. The topological polar surface area (TPSA) is 49.8 Å². The minimum Gasteiger partial charge on any atom is -0.378 e. The van der Waals surface area contributed by atoms with Crippen LogP contribution in [0, 0.1) is 5.82 Å². The van der Waals surface area contributed by atoms with Gasteiger partial charge in [-0.3, -0.25) is 5.43 Å². The van der Waals surface area contributed by atoms with Gasteiger partial charge in [0.15, 0.2) is 5.82 Å². The second-order valence-corrected chi connectivity index (χ2v) is 6.40. The van der Waals surface area contributed by atoms with E-state index in [0.717, 1.165) is 0 Å². The molecule has 0 aliphatic carbocycles. The number of hydrazone groups is 1. The number of morpholine rings is 1. The zero-order chi connectivity index (χ0) is 17.8. The van der Waals surface area contributed by atoms with E-state index >= 15 is 0 Å². The summed E-state index contributed by atoms with van der Waals surface area (Å²) in [6.07, 6.45) is 1.47. The van der Waals surface area contributed by atoms with Crippen LogP contribution in [-0.4, -0.2) is 37.0 Å². The smallest absolute Gasteiger partial charge is 0.165 e. The fraction of sp³-hybridized carbons (Fsp3) is 0.294. The highest BCUT2D eigenvalue weighted by molar-refractivity contribution is 6.35. The number of rotatable bonds is 4. The number of anilines is 2. The summed E-state index contributed by atoms with van der Waals surface area (Å²) < 4.78 is 19.8. The molecule has 0 radical (unpaired) electrons. The van der Waals surface area contributed by atoms with Crippen LogP contribution in [0.1, 0.15) is 12.5 Å². The third-order valence-electron chi connectivity index (χ3n) is 3.85. The molecule has 3 rings (SSSR count). The first-order valence-corrected chi connectivity index (χ1v) is 8.54. The molecule has 2 heterocycles. The maximum Gasteiger partial charge on any atom is 0.165 e. The Morgan fingerprint density at radius 2 is 2.04 bits per heavy atom. The fourth-order valence-electron chi connectivity index (χ4n) is 2.49. The summed E-state index contributed by atoms with van der Waals surface area (Å²) in [4.78, 5) is 6.04. The van der Waals surface area contributed by atoms with E-state index in [4.69, 9.17) is 27.9 Å². The van der Waals surface area contributed by atoms with Crippen molar-refractivity contribution in [1.82, 2.24) is 4.98 Å². The molecule has 8 heteroatoms. The quantitative estimate of drug-likeness (QED) is 0.635. The summed E-state index contributed by atoms with van der Waals surface area (Å²) >= 11 is 11.8. The van der Waals surface area contributed by atoms with Gasteiger partial charge in [0.2, 0.25) is 0 Å². The lowest BCUT2D eigenvalue weighted by Crippen LogP contribution is -2.36. The van der Waals surface area contributed by atoms with E-state index in [1.54, 1.807) is 19.1 Å². The number of hydrogen-bond acceptors (Lipinski definition) is 5. The van der Waals surface area contributed by atoms with E-state index in [0.29, 0.717) is 59.1 Å². The second-order valence-electron chi connectivity index (χ2n) is 5.56. The van der Waals surface area contributed by atoms with Gasteiger partial charge in [0.1, 0.15) is 5.82 Å². The van der Waals surface area contributed by atoms with Gasteiger partial charge in [-0.1, -0.05) is 29.3 Å². The van der Waals surface area contributed by atoms with E-state index < -0.39 is 0 Å². The number of aromatic nitrogens is 1. The van der Waals surface area contributed by atoms with Crippen LogP contribution < -0.4 is 10.3 Å². The van der Waals surface area contributed by atoms with E-state index in [9.17, 15) is 4.39 Å². The van der Waals surface area contributed by atoms with Crippen LogP contribution in [0.4, 0.5) is 15.9 Å². The predicted octanol–water partition coefficient (Wildman–Crippen LogP) is 4.20. The zero-order valence-corrected chi connectivity index (χ0v) is 15.1. The molecule has 0 spiro atoms. The van der Waals surface area contributed by atoms with Crippen molar-refractivity contribution in [3.05, 3.63) is 51.9 Å². The Bertz CT molecular complexity index is 794. The Labute approximate surface area is 155 Å². The van der Waals surface area contributed by atoms with Crippen molar-refractivity contribution >= 4 is 40.4 Å². The summed E-state index contributed by atoms with van der Waals surface area (Å²) in [5, 5.41) is 5.02. The molecule has 0 amide bonds. The van der Waals surface area contributed by atoms with Crippen LogP contribution in [0.15, 0.2) is 35.6 Å². The highest BCUT2D eigenvalue weighted by Gasteiger charge is 2.15. The lowest BCUT2D eigenvalue weighted by molar-refractivity contribution is 0.122. The van der Waals surface area contributed by atoms with Crippen LogP contribution >= 0.6 is 23.2 Å². The number of halogens is 3. The lowest BCUT2D eigenvalue weighted by atomic mass is 10.1. The van der Waals surface area contributed by atoms with E-state index in [1.165, 1.54) is 12.3 Å². The molecule has 1 aliphatic heterocycles. The third-order valence-corrected chi connectivity index (χ3v) is 4.35. The summed E-state index contributed by atoms with van der Waals surface area (Å²) in [6.45, 7) is 4.37. The lowest BCUT2D eigenvalue weighted by Gasteiger charge is -2.29. The maximum absolute atomic E-state index is 14.5. The van der Waals surface area contributed by atoms with Gasteiger partial charge < -0.3 is 9.64 Å². The number of benzene rings is 1. The highest BCUT2D eigenvalue weighted by Crippen LogP contribution is 2.24. The van der Waals surface area contributed by atoms with Crippen LogP contribution in [0.25, 0.3) is 0 Å². The molecule has 0 bridgehead atoms. The zero-order valence-electron chi connectivity index (χ0n) is 13.6. The number of hydrogen-bond donors (Lipinski definition) is 1. The standard InChI is InChI=1S/C17H17Cl2FN4O/c1-11(22-23-17-14(19)9-13(18)10-21-17)12-2-3-16(15(20)8-12)24-4-6-25-7-5-24/h2-3,8-10H,4-7H2,1H3,(H,21,23)/b22-11-. The van der Waals surface area contributed by atoms with Crippen molar-refractivity contribution in [2.24, 2.45) is 5.10 Å². The van der Waals surface area contributed by atoms with E-state index in [1.807, 2.05) is 11.0 Å². The van der Waals surface area contributed by atoms with Crippen molar-refractivity contribution in [3.8, 4) is 0 Å². The number of nitrogens with one attached hydrogen (secondary N) is 1. The van der Waals surface area contributed by atoms with Crippen LogP contribution in [0.5, 0.6) is 0 Å². The van der Waals surface area contributed by atoms with Crippen LogP contribution in [-0.2, 0) is 4.74 Å². The molecular weight excluding hydrogens is 366 g/mol. The van der Waals surface area contributed by atoms with Gasteiger partial charge in [-0.25, -0.2) is 9.37 Å². The van der Waals surface area contributed by atoms with Gasteiger partial charge >= 0.3 is 0 Å². The van der Waals surface area contributed by atoms with E-state index in [-0.39, 0.29) is 5.82 Å². The first-order valence-electron chi connectivity index (χ1n) is 7.78. The Morgan fingerprint density at radius 3 is 2.72 bits per heavy atom. The minimum absolute atomic E-state index is 0.281.